The highest BCUT2D eigenvalue weighted by molar-refractivity contribution is 5.85. The largest absolute Gasteiger partial charge is 0.398 e. The van der Waals surface area contributed by atoms with Crippen LogP contribution >= 0.6 is 12.4 Å². The molecule has 0 aromatic heterocycles. The number of nitrogen functional groups attached to an aromatic ring is 1. The summed E-state index contributed by atoms with van der Waals surface area (Å²) < 4.78 is 0. The fraction of sp³-hybridized carbons (Fsp3) is 0.250. The molecule has 0 fully saturated rings. The van der Waals surface area contributed by atoms with E-state index in [1.807, 2.05) is 12.1 Å². The van der Waals surface area contributed by atoms with Gasteiger partial charge >= 0.3 is 0 Å². The van der Waals surface area contributed by atoms with E-state index in [0.29, 0.717) is 0 Å². The van der Waals surface area contributed by atoms with Crippen molar-refractivity contribution in [3.05, 3.63) is 29.3 Å². The van der Waals surface area contributed by atoms with Crippen LogP contribution in [0.5, 0.6) is 0 Å². The van der Waals surface area contributed by atoms with Crippen LogP contribution in [0.3, 0.4) is 0 Å². The smallest absolute Gasteiger partial charge is 0.0362 e. The Bertz CT molecular complexity index is 260. The first kappa shape index (κ1) is 8.37. The third kappa shape index (κ3) is 1.32. The first-order valence-corrected chi connectivity index (χ1v) is 3.45. The summed E-state index contributed by atoms with van der Waals surface area (Å²) in [5.74, 6) is 0. The quantitative estimate of drug-likeness (QED) is 0.576. The maximum Gasteiger partial charge on any atom is 0.0362 e. The molecule has 60 valence electrons. The topological polar surface area (TPSA) is 38.0 Å². The molecule has 11 heavy (non-hydrogen) atoms. The summed E-state index contributed by atoms with van der Waals surface area (Å²) in [5.41, 5.74) is 9.28. The SMILES string of the molecule is Cl.Nc1cccc2c1CNC2. The van der Waals surface area contributed by atoms with Gasteiger partial charge in [0.25, 0.3) is 0 Å². The number of benzene rings is 1. The van der Waals surface area contributed by atoms with Crippen LogP contribution in [0.15, 0.2) is 18.2 Å². The van der Waals surface area contributed by atoms with E-state index < -0.39 is 0 Å². The maximum absolute atomic E-state index is 5.73. The molecule has 0 bridgehead atoms. The summed E-state index contributed by atoms with van der Waals surface area (Å²) in [6, 6.07) is 6.07. The van der Waals surface area contributed by atoms with Crippen LogP contribution in [-0.4, -0.2) is 0 Å². The van der Waals surface area contributed by atoms with Crippen molar-refractivity contribution < 1.29 is 0 Å². The molecule has 1 aromatic carbocycles. The summed E-state index contributed by atoms with van der Waals surface area (Å²) in [7, 11) is 0. The monoisotopic (exact) mass is 170 g/mol. The van der Waals surface area contributed by atoms with Gasteiger partial charge in [0.15, 0.2) is 0 Å². The lowest BCUT2D eigenvalue weighted by Crippen LogP contribution is -2.00. The number of halogens is 1. The van der Waals surface area contributed by atoms with Crippen LogP contribution in [0.25, 0.3) is 0 Å². The zero-order valence-electron chi connectivity index (χ0n) is 6.13. The highest BCUT2D eigenvalue weighted by Gasteiger charge is 2.10. The van der Waals surface area contributed by atoms with Gasteiger partial charge in [-0.15, -0.1) is 12.4 Å². The number of hydrogen-bond acceptors (Lipinski definition) is 2. The van der Waals surface area contributed by atoms with Crippen LogP contribution < -0.4 is 11.1 Å². The molecule has 3 N–H and O–H groups in total. The van der Waals surface area contributed by atoms with Gasteiger partial charge in [-0.25, -0.2) is 0 Å². The highest BCUT2D eigenvalue weighted by atomic mass is 35.5. The summed E-state index contributed by atoms with van der Waals surface area (Å²) in [6.07, 6.45) is 0. The summed E-state index contributed by atoms with van der Waals surface area (Å²) in [5, 5.41) is 3.25. The zero-order valence-corrected chi connectivity index (χ0v) is 6.95. The highest BCUT2D eigenvalue weighted by Crippen LogP contribution is 2.20. The van der Waals surface area contributed by atoms with Crippen LogP contribution in [0.2, 0.25) is 0 Å². The third-order valence-corrected chi connectivity index (χ3v) is 1.93. The van der Waals surface area contributed by atoms with E-state index in [4.69, 9.17) is 5.73 Å². The van der Waals surface area contributed by atoms with Gasteiger partial charge in [-0.3, -0.25) is 0 Å². The lowest BCUT2D eigenvalue weighted by molar-refractivity contribution is 0.765. The van der Waals surface area contributed by atoms with Gasteiger partial charge in [0.1, 0.15) is 0 Å². The molecule has 1 aliphatic rings. The molecule has 2 nitrogen and oxygen atoms in total. The molecule has 3 heteroatoms. The van der Waals surface area contributed by atoms with Gasteiger partial charge in [-0.2, -0.15) is 0 Å². The molecular formula is C8H11ClN2. The van der Waals surface area contributed by atoms with Crippen LogP contribution in [0.4, 0.5) is 5.69 Å². The second-order valence-corrected chi connectivity index (χ2v) is 2.59. The Hall–Kier alpha value is -0.730. The lowest BCUT2D eigenvalue weighted by Gasteiger charge is -1.99. The van der Waals surface area contributed by atoms with Gasteiger partial charge in [0.2, 0.25) is 0 Å². The number of hydrogen-bond donors (Lipinski definition) is 2. The Balaban J connectivity index is 0.000000605. The van der Waals surface area contributed by atoms with Crippen molar-refractivity contribution in [3.63, 3.8) is 0 Å². The van der Waals surface area contributed by atoms with Crippen molar-refractivity contribution in [3.8, 4) is 0 Å². The number of fused-ring (bicyclic) bond motifs is 1. The average molecular weight is 171 g/mol. The maximum atomic E-state index is 5.73. The average Bonchev–Trinajstić information content (AvgIpc) is 2.36. The molecular weight excluding hydrogens is 160 g/mol. The van der Waals surface area contributed by atoms with E-state index in [1.165, 1.54) is 11.1 Å². The Morgan fingerprint density at radius 2 is 2.09 bits per heavy atom. The van der Waals surface area contributed by atoms with Crippen molar-refractivity contribution in [2.45, 2.75) is 13.1 Å². The Labute approximate surface area is 72.2 Å². The number of nitrogens with two attached hydrogens (primary N) is 1. The molecule has 0 amide bonds. The molecule has 0 atom stereocenters. The van der Waals surface area contributed by atoms with E-state index in [1.54, 1.807) is 0 Å². The van der Waals surface area contributed by atoms with Crippen LogP contribution in [0, 0.1) is 0 Å². The van der Waals surface area contributed by atoms with Crippen molar-refractivity contribution in [2.75, 3.05) is 5.73 Å². The second kappa shape index (κ2) is 3.11. The Kier molecular flexibility index (Phi) is 2.37. The van der Waals surface area contributed by atoms with E-state index >= 15 is 0 Å². The van der Waals surface area contributed by atoms with Crippen molar-refractivity contribution in [2.24, 2.45) is 0 Å². The number of anilines is 1. The molecule has 0 aliphatic carbocycles. The zero-order chi connectivity index (χ0) is 6.97. The second-order valence-electron chi connectivity index (χ2n) is 2.59. The summed E-state index contributed by atoms with van der Waals surface area (Å²) >= 11 is 0. The fourth-order valence-electron chi connectivity index (χ4n) is 1.36. The predicted octanol–water partition coefficient (Wildman–Crippen LogP) is 1.29. The third-order valence-electron chi connectivity index (χ3n) is 1.93. The molecule has 0 spiro atoms. The molecule has 1 aromatic rings. The molecule has 0 radical (unpaired) electrons. The minimum absolute atomic E-state index is 0. The van der Waals surface area contributed by atoms with E-state index in [2.05, 4.69) is 11.4 Å². The van der Waals surface area contributed by atoms with Crippen molar-refractivity contribution >= 4 is 18.1 Å². The molecule has 2 rings (SSSR count). The molecule has 1 aliphatic heterocycles. The van der Waals surface area contributed by atoms with Gasteiger partial charge in [0.05, 0.1) is 0 Å². The van der Waals surface area contributed by atoms with Crippen molar-refractivity contribution in [1.29, 1.82) is 0 Å². The molecule has 0 unspecified atom stereocenters. The molecule has 0 saturated heterocycles. The summed E-state index contributed by atoms with van der Waals surface area (Å²) in [4.78, 5) is 0. The first-order chi connectivity index (χ1) is 4.88. The standard InChI is InChI=1S/C8H10N2.ClH/c9-8-3-1-2-6-4-10-5-7(6)8;/h1-3,10H,4-5,9H2;1H. The molecule has 1 heterocycles. The minimum atomic E-state index is 0. The Morgan fingerprint density at radius 1 is 1.27 bits per heavy atom. The predicted molar refractivity (Wildman–Crippen MR) is 48.6 cm³/mol. The normalized spacial score (nSPS) is 13.8. The van der Waals surface area contributed by atoms with Crippen LogP contribution in [-0.2, 0) is 13.1 Å². The first-order valence-electron chi connectivity index (χ1n) is 3.45. The fourth-order valence-corrected chi connectivity index (χ4v) is 1.36. The number of rotatable bonds is 0. The van der Waals surface area contributed by atoms with Gasteiger partial charge in [-0.05, 0) is 17.2 Å². The minimum Gasteiger partial charge on any atom is -0.398 e. The Morgan fingerprint density at radius 3 is 2.82 bits per heavy atom. The lowest BCUT2D eigenvalue weighted by atomic mass is 10.1. The van der Waals surface area contributed by atoms with Gasteiger partial charge in [0, 0.05) is 18.8 Å². The van der Waals surface area contributed by atoms with Gasteiger partial charge in [-0.1, -0.05) is 12.1 Å². The van der Waals surface area contributed by atoms with Crippen LogP contribution in [0.1, 0.15) is 11.1 Å². The van der Waals surface area contributed by atoms with E-state index in [-0.39, 0.29) is 12.4 Å². The van der Waals surface area contributed by atoms with Gasteiger partial charge < -0.3 is 11.1 Å². The molecule has 0 saturated carbocycles. The number of nitrogens with one attached hydrogen (secondary N) is 1. The summed E-state index contributed by atoms with van der Waals surface area (Å²) in [6.45, 7) is 1.91. The van der Waals surface area contributed by atoms with Crippen molar-refractivity contribution in [1.82, 2.24) is 5.32 Å². The van der Waals surface area contributed by atoms with E-state index in [9.17, 15) is 0 Å². The van der Waals surface area contributed by atoms with E-state index in [0.717, 1.165) is 18.8 Å².